The SMILES string of the molecule is C[C@@H](N)C(=O)N1CCN(Cc2ccc(F)cc2)CC1. The van der Waals surface area contributed by atoms with Crippen LogP contribution >= 0.6 is 0 Å². The first kappa shape index (κ1) is 14.0. The fourth-order valence-electron chi connectivity index (χ4n) is 2.26. The Balaban J connectivity index is 1.83. The molecule has 1 amide bonds. The predicted molar refractivity (Wildman–Crippen MR) is 71.9 cm³/mol. The molecule has 5 heteroatoms. The quantitative estimate of drug-likeness (QED) is 0.880. The summed E-state index contributed by atoms with van der Waals surface area (Å²) in [6.07, 6.45) is 0. The van der Waals surface area contributed by atoms with E-state index in [-0.39, 0.29) is 11.7 Å². The summed E-state index contributed by atoms with van der Waals surface area (Å²) in [6.45, 7) is 5.59. The van der Waals surface area contributed by atoms with Crippen molar-refractivity contribution in [2.24, 2.45) is 5.73 Å². The number of halogens is 1. The van der Waals surface area contributed by atoms with Crippen LogP contribution in [0.3, 0.4) is 0 Å². The largest absolute Gasteiger partial charge is 0.339 e. The van der Waals surface area contributed by atoms with E-state index in [4.69, 9.17) is 5.73 Å². The number of rotatable bonds is 3. The molecule has 0 radical (unpaired) electrons. The number of hydrogen-bond donors (Lipinski definition) is 1. The van der Waals surface area contributed by atoms with E-state index >= 15 is 0 Å². The molecule has 1 aliphatic heterocycles. The molecule has 4 nitrogen and oxygen atoms in total. The number of carbonyl (C=O) groups is 1. The number of carbonyl (C=O) groups excluding carboxylic acids is 1. The Morgan fingerprint density at radius 3 is 2.37 bits per heavy atom. The Bertz CT molecular complexity index is 425. The van der Waals surface area contributed by atoms with Gasteiger partial charge in [-0.2, -0.15) is 0 Å². The van der Waals surface area contributed by atoms with Gasteiger partial charge in [-0.05, 0) is 24.6 Å². The maximum absolute atomic E-state index is 12.8. The highest BCUT2D eigenvalue weighted by Gasteiger charge is 2.22. The van der Waals surface area contributed by atoms with Crippen LogP contribution in [-0.4, -0.2) is 47.9 Å². The number of piperazine rings is 1. The van der Waals surface area contributed by atoms with E-state index in [1.165, 1.54) is 12.1 Å². The van der Waals surface area contributed by atoms with Gasteiger partial charge >= 0.3 is 0 Å². The van der Waals surface area contributed by atoms with Gasteiger partial charge in [-0.15, -0.1) is 0 Å². The van der Waals surface area contributed by atoms with Gasteiger partial charge in [0.05, 0.1) is 6.04 Å². The van der Waals surface area contributed by atoms with Crippen molar-refractivity contribution in [1.82, 2.24) is 9.80 Å². The van der Waals surface area contributed by atoms with Crippen molar-refractivity contribution in [3.63, 3.8) is 0 Å². The Morgan fingerprint density at radius 2 is 1.84 bits per heavy atom. The maximum Gasteiger partial charge on any atom is 0.239 e. The minimum Gasteiger partial charge on any atom is -0.339 e. The zero-order valence-electron chi connectivity index (χ0n) is 11.2. The average molecular weight is 265 g/mol. The molecule has 0 spiro atoms. The van der Waals surface area contributed by atoms with Crippen molar-refractivity contribution >= 4 is 5.91 Å². The summed E-state index contributed by atoms with van der Waals surface area (Å²) < 4.78 is 12.8. The summed E-state index contributed by atoms with van der Waals surface area (Å²) in [5.74, 6) is -0.197. The molecule has 0 bridgehead atoms. The molecule has 0 aromatic heterocycles. The van der Waals surface area contributed by atoms with Crippen molar-refractivity contribution < 1.29 is 9.18 Å². The normalized spacial score (nSPS) is 18.4. The number of benzene rings is 1. The average Bonchev–Trinajstić information content (AvgIpc) is 2.41. The molecule has 1 heterocycles. The van der Waals surface area contributed by atoms with Crippen LogP contribution in [0.5, 0.6) is 0 Å². The molecule has 0 unspecified atom stereocenters. The van der Waals surface area contributed by atoms with Gasteiger partial charge in [0.25, 0.3) is 0 Å². The highest BCUT2D eigenvalue weighted by molar-refractivity contribution is 5.81. The number of nitrogens with zero attached hydrogens (tertiary/aromatic N) is 2. The summed E-state index contributed by atoms with van der Waals surface area (Å²) in [5, 5.41) is 0. The van der Waals surface area contributed by atoms with Crippen LogP contribution in [0.4, 0.5) is 4.39 Å². The third kappa shape index (κ3) is 3.75. The second kappa shape index (κ2) is 6.12. The molecule has 104 valence electrons. The highest BCUT2D eigenvalue weighted by Crippen LogP contribution is 2.10. The minimum absolute atomic E-state index is 0.0152. The highest BCUT2D eigenvalue weighted by atomic mass is 19.1. The fourth-order valence-corrected chi connectivity index (χ4v) is 2.26. The number of hydrogen-bond acceptors (Lipinski definition) is 3. The van der Waals surface area contributed by atoms with E-state index in [1.807, 2.05) is 4.90 Å². The first-order valence-corrected chi connectivity index (χ1v) is 6.57. The molecular weight excluding hydrogens is 245 g/mol. The zero-order valence-corrected chi connectivity index (χ0v) is 11.2. The van der Waals surface area contributed by atoms with Crippen LogP contribution in [0.25, 0.3) is 0 Å². The topological polar surface area (TPSA) is 49.6 Å². The van der Waals surface area contributed by atoms with Gasteiger partial charge in [0, 0.05) is 32.7 Å². The molecule has 1 atom stereocenters. The van der Waals surface area contributed by atoms with Crippen LogP contribution in [0, 0.1) is 5.82 Å². The van der Waals surface area contributed by atoms with Crippen LogP contribution < -0.4 is 5.73 Å². The van der Waals surface area contributed by atoms with Crippen LogP contribution in [-0.2, 0) is 11.3 Å². The Kier molecular flexibility index (Phi) is 4.50. The molecule has 2 rings (SSSR count). The van der Waals surface area contributed by atoms with Gasteiger partial charge in [-0.25, -0.2) is 4.39 Å². The van der Waals surface area contributed by atoms with Crippen molar-refractivity contribution in [3.05, 3.63) is 35.6 Å². The minimum atomic E-state index is -0.427. The molecule has 1 saturated heterocycles. The van der Waals surface area contributed by atoms with Gasteiger partial charge in [0.15, 0.2) is 0 Å². The van der Waals surface area contributed by atoms with E-state index in [9.17, 15) is 9.18 Å². The lowest BCUT2D eigenvalue weighted by Crippen LogP contribution is -2.52. The van der Waals surface area contributed by atoms with Gasteiger partial charge in [-0.3, -0.25) is 9.69 Å². The maximum atomic E-state index is 12.8. The lowest BCUT2D eigenvalue weighted by Gasteiger charge is -2.35. The summed E-state index contributed by atoms with van der Waals surface area (Å²) in [6, 6.07) is 6.13. The Morgan fingerprint density at radius 1 is 1.26 bits per heavy atom. The third-order valence-corrected chi connectivity index (χ3v) is 3.39. The molecular formula is C14H20FN3O. The lowest BCUT2D eigenvalue weighted by atomic mass is 10.2. The van der Waals surface area contributed by atoms with E-state index in [0.717, 1.165) is 25.2 Å². The number of nitrogens with two attached hydrogens (primary N) is 1. The molecule has 1 aromatic carbocycles. The van der Waals surface area contributed by atoms with E-state index in [1.54, 1.807) is 19.1 Å². The van der Waals surface area contributed by atoms with E-state index in [2.05, 4.69) is 4.90 Å². The summed E-state index contributed by atoms with van der Waals surface area (Å²) >= 11 is 0. The molecule has 1 aliphatic rings. The fraction of sp³-hybridized carbons (Fsp3) is 0.500. The predicted octanol–water partition coefficient (Wildman–Crippen LogP) is 0.817. The second-order valence-corrected chi connectivity index (χ2v) is 5.02. The van der Waals surface area contributed by atoms with Gasteiger partial charge in [0.1, 0.15) is 5.82 Å². The molecule has 19 heavy (non-hydrogen) atoms. The van der Waals surface area contributed by atoms with E-state index in [0.29, 0.717) is 13.1 Å². The molecule has 0 saturated carbocycles. The third-order valence-electron chi connectivity index (χ3n) is 3.39. The molecule has 0 aliphatic carbocycles. The standard InChI is InChI=1S/C14H20FN3O/c1-11(16)14(19)18-8-6-17(7-9-18)10-12-2-4-13(15)5-3-12/h2-5,11H,6-10,16H2,1H3/t11-/m1/s1. The summed E-state index contributed by atoms with van der Waals surface area (Å²) in [7, 11) is 0. The first-order chi connectivity index (χ1) is 9.06. The van der Waals surface area contributed by atoms with Gasteiger partial charge in [-0.1, -0.05) is 12.1 Å². The molecule has 2 N–H and O–H groups in total. The van der Waals surface area contributed by atoms with Gasteiger partial charge in [0.2, 0.25) is 5.91 Å². The molecule has 1 aromatic rings. The zero-order chi connectivity index (χ0) is 13.8. The van der Waals surface area contributed by atoms with Crippen LogP contribution in [0.15, 0.2) is 24.3 Å². The monoisotopic (exact) mass is 265 g/mol. The summed E-state index contributed by atoms with van der Waals surface area (Å²) in [4.78, 5) is 15.8. The lowest BCUT2D eigenvalue weighted by molar-refractivity contribution is -0.134. The van der Waals surface area contributed by atoms with Crippen molar-refractivity contribution in [3.8, 4) is 0 Å². The van der Waals surface area contributed by atoms with Crippen LogP contribution in [0.2, 0.25) is 0 Å². The van der Waals surface area contributed by atoms with E-state index < -0.39 is 6.04 Å². The second-order valence-electron chi connectivity index (χ2n) is 5.02. The molecule has 1 fully saturated rings. The van der Waals surface area contributed by atoms with Gasteiger partial charge < -0.3 is 10.6 Å². The first-order valence-electron chi connectivity index (χ1n) is 6.57. The van der Waals surface area contributed by atoms with Crippen molar-refractivity contribution in [1.29, 1.82) is 0 Å². The Hall–Kier alpha value is -1.46. The number of amides is 1. The van der Waals surface area contributed by atoms with Crippen molar-refractivity contribution in [2.75, 3.05) is 26.2 Å². The van der Waals surface area contributed by atoms with Crippen LogP contribution in [0.1, 0.15) is 12.5 Å². The summed E-state index contributed by atoms with van der Waals surface area (Å²) in [5.41, 5.74) is 6.69. The smallest absolute Gasteiger partial charge is 0.239 e. The Labute approximate surface area is 113 Å². The van der Waals surface area contributed by atoms with Crippen molar-refractivity contribution in [2.45, 2.75) is 19.5 Å².